The van der Waals surface area contributed by atoms with Crippen molar-refractivity contribution in [3.05, 3.63) is 59.9 Å². The molecular formula is C15H15N3O2. The Labute approximate surface area is 117 Å². The van der Waals surface area contributed by atoms with Crippen LogP contribution in [0, 0.1) is 0 Å². The number of nitrogens with zero attached hydrogens (tertiary/aromatic N) is 2. The summed E-state index contributed by atoms with van der Waals surface area (Å²) in [6.07, 6.45) is 5.19. The summed E-state index contributed by atoms with van der Waals surface area (Å²) in [5.41, 5.74) is 4.27. The first-order valence-corrected chi connectivity index (χ1v) is 6.13. The second kappa shape index (κ2) is 7.04. The van der Waals surface area contributed by atoms with Crippen LogP contribution in [0.3, 0.4) is 0 Å². The SMILES string of the molecule is COc1ccc(CC(=O)N/N=C\c2ccncc2)cc1. The maximum absolute atomic E-state index is 11.7. The van der Waals surface area contributed by atoms with Crippen LogP contribution in [-0.4, -0.2) is 24.2 Å². The van der Waals surface area contributed by atoms with Crippen LogP contribution >= 0.6 is 0 Å². The third-order valence-electron chi connectivity index (χ3n) is 2.63. The molecule has 0 saturated carbocycles. The Bertz CT molecular complexity index is 580. The number of ether oxygens (including phenoxy) is 1. The van der Waals surface area contributed by atoms with Crippen LogP contribution in [-0.2, 0) is 11.2 Å². The highest BCUT2D eigenvalue weighted by molar-refractivity contribution is 5.83. The fourth-order valence-corrected chi connectivity index (χ4v) is 1.60. The van der Waals surface area contributed by atoms with E-state index in [0.717, 1.165) is 16.9 Å². The van der Waals surface area contributed by atoms with Crippen molar-refractivity contribution in [2.24, 2.45) is 5.10 Å². The van der Waals surface area contributed by atoms with Crippen molar-refractivity contribution in [1.29, 1.82) is 0 Å². The van der Waals surface area contributed by atoms with Gasteiger partial charge in [-0.2, -0.15) is 5.10 Å². The molecule has 1 heterocycles. The molecule has 0 aliphatic carbocycles. The molecule has 0 aliphatic rings. The van der Waals surface area contributed by atoms with Gasteiger partial charge in [0.1, 0.15) is 5.75 Å². The molecule has 2 rings (SSSR count). The fraction of sp³-hybridized carbons (Fsp3) is 0.133. The number of benzene rings is 1. The smallest absolute Gasteiger partial charge is 0.244 e. The number of pyridine rings is 1. The van der Waals surface area contributed by atoms with Crippen molar-refractivity contribution >= 4 is 12.1 Å². The molecule has 0 spiro atoms. The number of hydrogen-bond donors (Lipinski definition) is 1. The highest BCUT2D eigenvalue weighted by atomic mass is 16.5. The van der Waals surface area contributed by atoms with Crippen molar-refractivity contribution in [2.75, 3.05) is 7.11 Å². The number of nitrogens with one attached hydrogen (secondary N) is 1. The van der Waals surface area contributed by atoms with Gasteiger partial charge in [0, 0.05) is 12.4 Å². The minimum atomic E-state index is -0.166. The molecule has 5 heteroatoms. The number of hydrazone groups is 1. The Morgan fingerprint density at radius 1 is 1.25 bits per heavy atom. The van der Waals surface area contributed by atoms with Gasteiger partial charge in [-0.3, -0.25) is 9.78 Å². The van der Waals surface area contributed by atoms with Gasteiger partial charge in [0.2, 0.25) is 5.91 Å². The lowest BCUT2D eigenvalue weighted by molar-refractivity contribution is -0.120. The number of carbonyl (C=O) groups excluding carboxylic acids is 1. The number of methoxy groups -OCH3 is 1. The van der Waals surface area contributed by atoms with Gasteiger partial charge in [-0.15, -0.1) is 0 Å². The summed E-state index contributed by atoms with van der Waals surface area (Å²) < 4.78 is 5.06. The third-order valence-corrected chi connectivity index (χ3v) is 2.63. The second-order valence-electron chi connectivity index (χ2n) is 4.10. The molecule has 1 aromatic heterocycles. The normalized spacial score (nSPS) is 10.4. The molecule has 1 amide bonds. The van der Waals surface area contributed by atoms with Crippen molar-refractivity contribution in [3.8, 4) is 5.75 Å². The average Bonchev–Trinajstić information content (AvgIpc) is 2.49. The maximum Gasteiger partial charge on any atom is 0.244 e. The summed E-state index contributed by atoms with van der Waals surface area (Å²) in [5.74, 6) is 0.602. The molecule has 2 aromatic rings. The van der Waals surface area contributed by atoms with Crippen molar-refractivity contribution in [3.63, 3.8) is 0 Å². The van der Waals surface area contributed by atoms with E-state index >= 15 is 0 Å². The molecule has 1 N–H and O–H groups in total. The Morgan fingerprint density at radius 3 is 2.60 bits per heavy atom. The first-order valence-electron chi connectivity index (χ1n) is 6.13. The highest BCUT2D eigenvalue weighted by Crippen LogP contribution is 2.11. The molecule has 0 aliphatic heterocycles. The molecule has 0 bridgehead atoms. The van der Waals surface area contributed by atoms with E-state index in [-0.39, 0.29) is 12.3 Å². The van der Waals surface area contributed by atoms with E-state index < -0.39 is 0 Å². The quantitative estimate of drug-likeness (QED) is 0.664. The lowest BCUT2D eigenvalue weighted by atomic mass is 10.1. The summed E-state index contributed by atoms with van der Waals surface area (Å²) in [4.78, 5) is 15.6. The molecule has 0 saturated heterocycles. The summed E-state index contributed by atoms with van der Waals surface area (Å²) in [5, 5.41) is 3.89. The van der Waals surface area contributed by atoms with Gasteiger partial charge in [0.15, 0.2) is 0 Å². The largest absolute Gasteiger partial charge is 0.497 e. The number of hydrogen-bond acceptors (Lipinski definition) is 4. The van der Waals surface area contributed by atoms with E-state index in [4.69, 9.17) is 4.74 Å². The van der Waals surface area contributed by atoms with Crippen LogP contribution in [0.4, 0.5) is 0 Å². The highest BCUT2D eigenvalue weighted by Gasteiger charge is 2.02. The van der Waals surface area contributed by atoms with Crippen LogP contribution in [0.2, 0.25) is 0 Å². The van der Waals surface area contributed by atoms with Crippen LogP contribution in [0.15, 0.2) is 53.9 Å². The van der Waals surface area contributed by atoms with Gasteiger partial charge < -0.3 is 4.74 Å². The number of amides is 1. The van der Waals surface area contributed by atoms with E-state index in [0.29, 0.717) is 0 Å². The van der Waals surface area contributed by atoms with Crippen LogP contribution in [0.1, 0.15) is 11.1 Å². The zero-order valence-electron chi connectivity index (χ0n) is 11.1. The Balaban J connectivity index is 1.84. The van der Waals surface area contributed by atoms with E-state index in [2.05, 4.69) is 15.5 Å². The van der Waals surface area contributed by atoms with E-state index in [1.165, 1.54) is 0 Å². The Morgan fingerprint density at radius 2 is 1.95 bits per heavy atom. The van der Waals surface area contributed by atoms with Gasteiger partial charge in [0.25, 0.3) is 0 Å². The number of rotatable bonds is 5. The van der Waals surface area contributed by atoms with Crippen molar-refractivity contribution < 1.29 is 9.53 Å². The zero-order valence-corrected chi connectivity index (χ0v) is 11.1. The minimum Gasteiger partial charge on any atom is -0.497 e. The lowest BCUT2D eigenvalue weighted by Crippen LogP contribution is -2.19. The molecule has 0 unspecified atom stereocenters. The average molecular weight is 269 g/mol. The fourth-order valence-electron chi connectivity index (χ4n) is 1.60. The van der Waals surface area contributed by atoms with Crippen LogP contribution in [0.25, 0.3) is 0 Å². The van der Waals surface area contributed by atoms with E-state index in [9.17, 15) is 4.79 Å². The first kappa shape index (κ1) is 13.7. The monoisotopic (exact) mass is 269 g/mol. The van der Waals surface area contributed by atoms with E-state index in [1.807, 2.05) is 24.3 Å². The maximum atomic E-state index is 11.7. The molecule has 0 radical (unpaired) electrons. The van der Waals surface area contributed by atoms with Gasteiger partial charge in [-0.25, -0.2) is 5.43 Å². The molecule has 0 fully saturated rings. The lowest BCUT2D eigenvalue weighted by Gasteiger charge is -2.02. The summed E-state index contributed by atoms with van der Waals surface area (Å²) in [6, 6.07) is 11.0. The third kappa shape index (κ3) is 4.20. The predicted octanol–water partition coefficient (Wildman–Crippen LogP) is 1.78. The molecule has 20 heavy (non-hydrogen) atoms. The Kier molecular flexibility index (Phi) is 4.83. The zero-order chi connectivity index (χ0) is 14.2. The molecule has 5 nitrogen and oxygen atoms in total. The number of carbonyl (C=O) groups is 1. The van der Waals surface area contributed by atoms with Crippen molar-refractivity contribution in [2.45, 2.75) is 6.42 Å². The predicted molar refractivity (Wildman–Crippen MR) is 76.7 cm³/mol. The molecule has 0 atom stereocenters. The van der Waals surface area contributed by atoms with Crippen molar-refractivity contribution in [1.82, 2.24) is 10.4 Å². The molecular weight excluding hydrogens is 254 g/mol. The summed E-state index contributed by atoms with van der Waals surface area (Å²) in [7, 11) is 1.61. The minimum absolute atomic E-state index is 0.166. The van der Waals surface area contributed by atoms with E-state index in [1.54, 1.807) is 37.9 Å². The summed E-state index contributed by atoms with van der Waals surface area (Å²) >= 11 is 0. The van der Waals surface area contributed by atoms with Gasteiger partial charge in [-0.1, -0.05) is 12.1 Å². The van der Waals surface area contributed by atoms with Gasteiger partial charge in [-0.05, 0) is 35.4 Å². The molecule has 1 aromatic carbocycles. The standard InChI is InChI=1S/C15H15N3O2/c1-20-14-4-2-12(3-5-14)10-15(19)18-17-11-13-6-8-16-9-7-13/h2-9,11H,10H2,1H3,(H,18,19)/b17-11-. The van der Waals surface area contributed by atoms with Gasteiger partial charge >= 0.3 is 0 Å². The molecule has 102 valence electrons. The van der Waals surface area contributed by atoms with Crippen LogP contribution < -0.4 is 10.2 Å². The summed E-state index contributed by atoms with van der Waals surface area (Å²) in [6.45, 7) is 0. The second-order valence-corrected chi connectivity index (χ2v) is 4.10. The number of aromatic nitrogens is 1. The van der Waals surface area contributed by atoms with Gasteiger partial charge in [0.05, 0.1) is 19.7 Å². The Hall–Kier alpha value is -2.69. The van der Waals surface area contributed by atoms with Crippen LogP contribution in [0.5, 0.6) is 5.75 Å². The topological polar surface area (TPSA) is 63.6 Å². The first-order chi connectivity index (χ1) is 9.78.